The van der Waals surface area contributed by atoms with Crippen LogP contribution in [0.2, 0.25) is 10.0 Å². The van der Waals surface area contributed by atoms with Crippen LogP contribution in [-0.4, -0.2) is 48.1 Å². The van der Waals surface area contributed by atoms with E-state index < -0.39 is 27.9 Å². The Kier molecular flexibility index (Phi) is 10.2. The van der Waals surface area contributed by atoms with E-state index >= 15 is 0 Å². The minimum Gasteiger partial charge on any atom is -0.495 e. The lowest BCUT2D eigenvalue weighted by Gasteiger charge is -2.14. The first-order chi connectivity index (χ1) is 22.7. The number of carboxylic acid groups (broad SMARTS) is 1. The maximum Gasteiger partial charge on any atom is 0.404 e. The summed E-state index contributed by atoms with van der Waals surface area (Å²) in [7, 11) is -3.44. The summed E-state index contributed by atoms with van der Waals surface area (Å²) in [5.41, 5.74) is 4.21. The number of carbonyl (C=O) groups is 1. The molecule has 0 saturated carbocycles. The molecule has 0 aliphatic rings. The molecular weight excluding hydrogens is 690 g/mol. The monoisotopic (exact) mass is 715 g/mol. The van der Waals surface area contributed by atoms with E-state index in [2.05, 4.69) is 0 Å². The van der Waals surface area contributed by atoms with E-state index in [0.29, 0.717) is 44.8 Å². The van der Waals surface area contributed by atoms with Gasteiger partial charge in [0.15, 0.2) is 5.75 Å². The minimum atomic E-state index is -4.91. The van der Waals surface area contributed by atoms with Gasteiger partial charge in [-0.15, -0.1) is 0 Å². The normalized spacial score (nSPS) is 12.0. The molecule has 0 atom stereocenters. The van der Waals surface area contributed by atoms with Gasteiger partial charge in [-0.05, 0) is 70.8 Å². The summed E-state index contributed by atoms with van der Waals surface area (Å²) in [5, 5.41) is 10.2. The van der Waals surface area contributed by atoms with Crippen LogP contribution in [0.25, 0.3) is 34.5 Å². The fourth-order valence-electron chi connectivity index (χ4n) is 4.81. The van der Waals surface area contributed by atoms with Crippen LogP contribution < -0.4 is 9.46 Å². The van der Waals surface area contributed by atoms with Gasteiger partial charge in [0.2, 0.25) is 10.0 Å². The third-order valence-electron chi connectivity index (χ3n) is 7.06. The first-order valence-corrected chi connectivity index (χ1v) is 16.5. The van der Waals surface area contributed by atoms with Gasteiger partial charge in [0.1, 0.15) is 11.6 Å². The number of halogens is 5. The number of methoxy groups -OCH3 is 1. The Morgan fingerprint density at radius 3 is 2.27 bits per heavy atom. The second kappa shape index (κ2) is 14.1. The highest BCUT2D eigenvalue weighted by Crippen LogP contribution is 2.33. The number of imidazole rings is 1. The molecule has 0 aliphatic carbocycles. The zero-order valence-electron chi connectivity index (χ0n) is 25.0. The number of nitrogens with zero attached hydrogens (tertiary/aromatic N) is 2. The molecule has 0 bridgehead atoms. The van der Waals surface area contributed by atoms with Crippen LogP contribution in [0.15, 0.2) is 91.1 Å². The summed E-state index contributed by atoms with van der Waals surface area (Å²) >= 11 is 12.5. The summed E-state index contributed by atoms with van der Waals surface area (Å²) in [6, 6.07) is 23.4. The number of sulfonamides is 1. The van der Waals surface area contributed by atoms with Crippen molar-refractivity contribution in [3.05, 3.63) is 124 Å². The van der Waals surface area contributed by atoms with Crippen LogP contribution in [0.5, 0.6) is 5.75 Å². The SMILES string of the molecule is COc1ccc(-c2ccc(C=Cc3nc(-c4ccc(Cl)cc4Cl)cn3Cc3ccc(C(=O)O)cc3)cc2)cc1NS(=O)(=O)CC(F)(F)F. The molecule has 4 aromatic carbocycles. The van der Waals surface area contributed by atoms with Crippen molar-refractivity contribution in [2.24, 2.45) is 0 Å². The van der Waals surface area contributed by atoms with E-state index in [1.165, 1.54) is 31.4 Å². The molecule has 0 fully saturated rings. The summed E-state index contributed by atoms with van der Waals surface area (Å²) < 4.78 is 71.5. The lowest BCUT2D eigenvalue weighted by Crippen LogP contribution is -2.28. The third kappa shape index (κ3) is 8.77. The predicted octanol–water partition coefficient (Wildman–Crippen LogP) is 8.75. The molecule has 0 saturated heterocycles. The fourth-order valence-corrected chi connectivity index (χ4v) is 6.31. The predicted molar refractivity (Wildman–Crippen MR) is 181 cm³/mol. The Morgan fingerprint density at radius 1 is 0.958 bits per heavy atom. The molecule has 14 heteroatoms. The van der Waals surface area contributed by atoms with Crippen LogP contribution in [0.4, 0.5) is 18.9 Å². The highest BCUT2D eigenvalue weighted by Gasteiger charge is 2.35. The zero-order valence-corrected chi connectivity index (χ0v) is 27.3. The molecule has 8 nitrogen and oxygen atoms in total. The Balaban J connectivity index is 1.41. The molecule has 1 aromatic heterocycles. The van der Waals surface area contributed by atoms with Gasteiger partial charge in [0, 0.05) is 23.3 Å². The maximum atomic E-state index is 12.8. The van der Waals surface area contributed by atoms with Crippen molar-refractivity contribution in [2.45, 2.75) is 12.7 Å². The zero-order chi connectivity index (χ0) is 34.6. The second-order valence-electron chi connectivity index (χ2n) is 10.6. The van der Waals surface area contributed by atoms with Crippen molar-refractivity contribution in [1.29, 1.82) is 0 Å². The summed E-state index contributed by atoms with van der Waals surface area (Å²) in [5.74, 6) is -2.39. The van der Waals surface area contributed by atoms with Crippen molar-refractivity contribution >= 4 is 57.0 Å². The van der Waals surface area contributed by atoms with Gasteiger partial charge in [-0.25, -0.2) is 18.2 Å². The minimum absolute atomic E-state index is 0.0663. The van der Waals surface area contributed by atoms with Crippen LogP contribution in [0, 0.1) is 0 Å². The number of benzene rings is 4. The third-order valence-corrected chi connectivity index (χ3v) is 8.84. The van der Waals surface area contributed by atoms with Gasteiger partial charge in [-0.2, -0.15) is 13.2 Å². The Morgan fingerprint density at radius 2 is 1.65 bits per heavy atom. The van der Waals surface area contributed by atoms with Gasteiger partial charge in [0.25, 0.3) is 0 Å². The number of anilines is 1. The standard InChI is InChI=1S/C34H26Cl2F3N3O5S/c1-47-31-14-11-25(16-29(31)41-48(45,46)20-34(37,38)39)23-7-2-21(3-8-23)6-15-32-40-30(27-13-12-26(35)17-28(27)36)19-42(32)18-22-4-9-24(10-5-22)33(43)44/h2-17,19,41H,18,20H2,1H3,(H,43,44). The molecule has 0 radical (unpaired) electrons. The van der Waals surface area contributed by atoms with Crippen LogP contribution in [0.1, 0.15) is 27.3 Å². The molecule has 248 valence electrons. The molecule has 5 aromatic rings. The van der Waals surface area contributed by atoms with Gasteiger partial charge < -0.3 is 14.4 Å². The Hall–Kier alpha value is -4.78. The molecular formula is C34H26Cl2F3N3O5S. The van der Waals surface area contributed by atoms with Crippen molar-refractivity contribution in [3.63, 3.8) is 0 Å². The summed E-state index contributed by atoms with van der Waals surface area (Å²) in [6.07, 6.45) is 0.589. The highest BCUT2D eigenvalue weighted by atomic mass is 35.5. The number of alkyl halides is 3. The van der Waals surface area contributed by atoms with Crippen molar-refractivity contribution in [1.82, 2.24) is 9.55 Å². The lowest BCUT2D eigenvalue weighted by molar-refractivity contribution is -0.106. The number of hydrogen-bond acceptors (Lipinski definition) is 5. The number of nitrogens with one attached hydrogen (secondary N) is 1. The van der Waals surface area contributed by atoms with E-state index in [4.69, 9.17) is 32.9 Å². The van der Waals surface area contributed by atoms with Gasteiger partial charge in [-0.1, -0.05) is 71.7 Å². The first-order valence-electron chi connectivity index (χ1n) is 14.1. The molecule has 5 rings (SSSR count). The molecule has 2 N–H and O–H groups in total. The largest absolute Gasteiger partial charge is 0.495 e. The van der Waals surface area contributed by atoms with Crippen LogP contribution in [-0.2, 0) is 16.6 Å². The van der Waals surface area contributed by atoms with Crippen LogP contribution >= 0.6 is 23.2 Å². The first kappa shape index (κ1) is 34.6. The number of hydrogen-bond donors (Lipinski definition) is 2. The van der Waals surface area contributed by atoms with Gasteiger partial charge in [0.05, 0.1) is 29.1 Å². The van der Waals surface area contributed by atoms with Crippen molar-refractivity contribution in [2.75, 3.05) is 17.6 Å². The fraction of sp³-hybridized carbons (Fsp3) is 0.118. The van der Waals surface area contributed by atoms with E-state index in [-0.39, 0.29) is 17.0 Å². The molecule has 0 amide bonds. The second-order valence-corrected chi connectivity index (χ2v) is 13.2. The summed E-state index contributed by atoms with van der Waals surface area (Å²) in [4.78, 5) is 16.1. The molecule has 0 unspecified atom stereocenters. The Labute approximate surface area is 284 Å². The van der Waals surface area contributed by atoms with Gasteiger partial charge in [-0.3, -0.25) is 4.72 Å². The highest BCUT2D eigenvalue weighted by molar-refractivity contribution is 7.92. The van der Waals surface area contributed by atoms with Crippen molar-refractivity contribution in [3.8, 4) is 28.1 Å². The van der Waals surface area contributed by atoms with Gasteiger partial charge >= 0.3 is 12.1 Å². The lowest BCUT2D eigenvalue weighted by atomic mass is 10.0. The average Bonchev–Trinajstić information content (AvgIpc) is 3.41. The van der Waals surface area contributed by atoms with E-state index in [9.17, 15) is 31.5 Å². The molecule has 0 aliphatic heterocycles. The quantitative estimate of drug-likeness (QED) is 0.142. The number of aromatic nitrogens is 2. The number of ether oxygens (including phenoxy) is 1. The smallest absolute Gasteiger partial charge is 0.404 e. The summed E-state index contributed by atoms with van der Waals surface area (Å²) in [6.45, 7) is 0.392. The average molecular weight is 717 g/mol. The number of aromatic carboxylic acids is 1. The number of carboxylic acids is 1. The number of rotatable bonds is 11. The topological polar surface area (TPSA) is 111 Å². The van der Waals surface area contributed by atoms with E-state index in [0.717, 1.165) is 11.1 Å². The van der Waals surface area contributed by atoms with Crippen molar-refractivity contribution < 1.29 is 36.2 Å². The molecule has 48 heavy (non-hydrogen) atoms. The van der Waals surface area contributed by atoms with E-state index in [1.54, 1.807) is 48.5 Å². The van der Waals surface area contributed by atoms with E-state index in [1.807, 2.05) is 39.8 Å². The van der Waals surface area contributed by atoms with Crippen LogP contribution in [0.3, 0.4) is 0 Å². The maximum absolute atomic E-state index is 12.8. The Bertz CT molecular complexity index is 2100. The molecule has 1 heterocycles. The molecule has 0 spiro atoms.